The molecule has 0 fully saturated rings. The van der Waals surface area contributed by atoms with Crippen molar-refractivity contribution >= 4 is 28.8 Å². The number of nitrogens with one attached hydrogen (secondary N) is 1. The summed E-state index contributed by atoms with van der Waals surface area (Å²) in [5.74, 6) is -0.169. The molecule has 19 heavy (non-hydrogen) atoms. The highest BCUT2D eigenvalue weighted by atomic mass is 32.1. The normalized spacial score (nSPS) is 11.1. The third-order valence-electron chi connectivity index (χ3n) is 2.25. The molecule has 1 amide bonds. The summed E-state index contributed by atoms with van der Waals surface area (Å²) in [4.78, 5) is 12.1. The van der Waals surface area contributed by atoms with E-state index in [1.165, 1.54) is 0 Å². The minimum absolute atomic E-state index is 0.0398. The number of carbonyl (C=O) groups excluding carboxylic acids is 1. The Kier molecular flexibility index (Phi) is 5.44. The first-order chi connectivity index (χ1) is 8.76. The molecule has 0 spiro atoms. The number of hydrogen-bond acceptors (Lipinski definition) is 3. The Bertz CT molecular complexity index is 450. The van der Waals surface area contributed by atoms with Gasteiger partial charge in [0.25, 0.3) is 0 Å². The topological polar surface area (TPSA) is 64.3 Å². The van der Waals surface area contributed by atoms with Crippen molar-refractivity contribution in [3.05, 3.63) is 29.8 Å². The largest absolute Gasteiger partial charge is 0.393 e. The van der Waals surface area contributed by atoms with Crippen LogP contribution in [0.15, 0.2) is 24.3 Å². The molecule has 0 radical (unpaired) electrons. The summed E-state index contributed by atoms with van der Waals surface area (Å²) in [6.45, 7) is 5.76. The Morgan fingerprint density at radius 1 is 1.32 bits per heavy atom. The van der Waals surface area contributed by atoms with Crippen molar-refractivity contribution in [1.82, 2.24) is 0 Å². The van der Waals surface area contributed by atoms with Gasteiger partial charge in [-0.15, -0.1) is 0 Å². The number of benzene rings is 1. The molecule has 0 saturated carbocycles. The Hall–Kier alpha value is -1.46. The third-order valence-corrected chi connectivity index (χ3v) is 2.40. The highest BCUT2D eigenvalue weighted by molar-refractivity contribution is 7.80. The molecular formula is C14H20N2O2S. The standard InChI is InChI=1S/C14H20N2O2S/c1-14(2,3)18-9-13(17)16-11-6-4-10(5-7-11)8-12(15)19/h4-7H,8-9H2,1-3H3,(H2,15,19)(H,16,17). The highest BCUT2D eigenvalue weighted by Gasteiger charge is 2.12. The fraction of sp³-hybridized carbons (Fsp3) is 0.429. The second-order valence-electron chi connectivity index (χ2n) is 5.29. The van der Waals surface area contributed by atoms with Gasteiger partial charge in [0.05, 0.1) is 10.6 Å². The predicted molar refractivity (Wildman–Crippen MR) is 81.3 cm³/mol. The highest BCUT2D eigenvalue weighted by Crippen LogP contribution is 2.11. The van der Waals surface area contributed by atoms with Gasteiger partial charge >= 0.3 is 0 Å². The van der Waals surface area contributed by atoms with Crippen molar-refractivity contribution in [2.75, 3.05) is 11.9 Å². The van der Waals surface area contributed by atoms with Crippen LogP contribution in [0, 0.1) is 0 Å². The van der Waals surface area contributed by atoms with Gasteiger partial charge in [0.15, 0.2) is 0 Å². The van der Waals surface area contributed by atoms with E-state index in [1.807, 2.05) is 45.0 Å². The lowest BCUT2D eigenvalue weighted by molar-refractivity contribution is -0.125. The van der Waals surface area contributed by atoms with Gasteiger partial charge in [0.1, 0.15) is 6.61 Å². The first-order valence-corrected chi connectivity index (χ1v) is 6.48. The number of carbonyl (C=O) groups is 1. The molecule has 1 rings (SSSR count). The van der Waals surface area contributed by atoms with Crippen LogP contribution in [0.2, 0.25) is 0 Å². The van der Waals surface area contributed by atoms with Crippen molar-refractivity contribution in [3.8, 4) is 0 Å². The summed E-state index contributed by atoms with van der Waals surface area (Å²) in [7, 11) is 0. The summed E-state index contributed by atoms with van der Waals surface area (Å²) < 4.78 is 5.39. The summed E-state index contributed by atoms with van der Waals surface area (Å²) in [5.41, 5.74) is 6.90. The van der Waals surface area contributed by atoms with E-state index in [9.17, 15) is 4.79 Å². The SMILES string of the molecule is CC(C)(C)OCC(=O)Nc1ccc(CC(N)=S)cc1. The average molecular weight is 280 g/mol. The van der Waals surface area contributed by atoms with Crippen molar-refractivity contribution in [1.29, 1.82) is 0 Å². The molecule has 1 aromatic carbocycles. The minimum atomic E-state index is -0.321. The molecular weight excluding hydrogens is 260 g/mol. The number of thiocarbonyl (C=S) groups is 1. The molecule has 3 N–H and O–H groups in total. The van der Waals surface area contributed by atoms with Crippen LogP contribution in [0.3, 0.4) is 0 Å². The first-order valence-electron chi connectivity index (χ1n) is 6.07. The molecule has 0 atom stereocenters. The number of amides is 1. The number of hydrogen-bond donors (Lipinski definition) is 2. The second-order valence-corrected chi connectivity index (χ2v) is 5.81. The molecule has 0 unspecified atom stereocenters. The van der Waals surface area contributed by atoms with Gasteiger partial charge in [0, 0.05) is 12.1 Å². The van der Waals surface area contributed by atoms with Crippen molar-refractivity contribution in [2.24, 2.45) is 5.73 Å². The van der Waals surface area contributed by atoms with Crippen LogP contribution in [0.5, 0.6) is 0 Å². The average Bonchev–Trinajstić information content (AvgIpc) is 2.28. The van der Waals surface area contributed by atoms with E-state index >= 15 is 0 Å². The molecule has 0 heterocycles. The van der Waals surface area contributed by atoms with Gasteiger partial charge in [-0.05, 0) is 38.5 Å². The Labute approximate surface area is 119 Å². The van der Waals surface area contributed by atoms with Gasteiger partial charge in [-0.25, -0.2) is 0 Å². The van der Waals surface area contributed by atoms with Gasteiger partial charge in [0.2, 0.25) is 5.91 Å². The summed E-state index contributed by atoms with van der Waals surface area (Å²) in [6.07, 6.45) is 0.566. The summed E-state index contributed by atoms with van der Waals surface area (Å²) >= 11 is 4.84. The van der Waals surface area contributed by atoms with Crippen LogP contribution in [0.25, 0.3) is 0 Å². The van der Waals surface area contributed by atoms with Crippen LogP contribution < -0.4 is 11.1 Å². The molecule has 104 valence electrons. The Morgan fingerprint density at radius 2 is 1.89 bits per heavy atom. The van der Waals surface area contributed by atoms with Crippen LogP contribution in [-0.4, -0.2) is 23.1 Å². The molecule has 5 heteroatoms. The third kappa shape index (κ3) is 6.88. The van der Waals surface area contributed by atoms with E-state index in [0.29, 0.717) is 11.4 Å². The molecule has 0 bridgehead atoms. The fourth-order valence-corrected chi connectivity index (χ4v) is 1.55. The quantitative estimate of drug-likeness (QED) is 0.812. The molecule has 0 aromatic heterocycles. The molecule has 1 aromatic rings. The van der Waals surface area contributed by atoms with E-state index < -0.39 is 0 Å². The minimum Gasteiger partial charge on any atom is -0.393 e. The Balaban J connectivity index is 2.49. The zero-order valence-corrected chi connectivity index (χ0v) is 12.3. The molecule has 0 aliphatic heterocycles. The van der Waals surface area contributed by atoms with Crippen LogP contribution in [0.4, 0.5) is 5.69 Å². The van der Waals surface area contributed by atoms with E-state index in [0.717, 1.165) is 11.3 Å². The maximum Gasteiger partial charge on any atom is 0.250 e. The fourth-order valence-electron chi connectivity index (χ4n) is 1.39. The Morgan fingerprint density at radius 3 is 2.37 bits per heavy atom. The maximum absolute atomic E-state index is 11.6. The smallest absolute Gasteiger partial charge is 0.250 e. The predicted octanol–water partition coefficient (Wildman–Crippen LogP) is 2.27. The van der Waals surface area contributed by atoms with Crippen molar-refractivity contribution < 1.29 is 9.53 Å². The monoisotopic (exact) mass is 280 g/mol. The zero-order chi connectivity index (χ0) is 14.5. The number of rotatable bonds is 5. The first kappa shape index (κ1) is 15.6. The van der Waals surface area contributed by atoms with Gasteiger partial charge in [-0.1, -0.05) is 24.4 Å². The van der Waals surface area contributed by atoms with Crippen molar-refractivity contribution in [2.45, 2.75) is 32.8 Å². The number of anilines is 1. The lowest BCUT2D eigenvalue weighted by atomic mass is 10.1. The molecule has 0 saturated heterocycles. The van der Waals surface area contributed by atoms with Gasteiger partial charge < -0.3 is 15.8 Å². The van der Waals surface area contributed by atoms with Gasteiger partial charge in [-0.2, -0.15) is 0 Å². The second kappa shape index (κ2) is 6.63. The van der Waals surface area contributed by atoms with Crippen molar-refractivity contribution in [3.63, 3.8) is 0 Å². The number of ether oxygens (including phenoxy) is 1. The zero-order valence-electron chi connectivity index (χ0n) is 11.5. The molecule has 0 aliphatic carbocycles. The molecule has 0 aliphatic rings. The maximum atomic E-state index is 11.6. The van der Waals surface area contributed by atoms with E-state index in [4.69, 9.17) is 22.7 Å². The van der Waals surface area contributed by atoms with Crippen LogP contribution in [0.1, 0.15) is 26.3 Å². The van der Waals surface area contributed by atoms with Gasteiger partial charge in [-0.3, -0.25) is 4.79 Å². The summed E-state index contributed by atoms with van der Waals surface area (Å²) in [6, 6.07) is 7.42. The van der Waals surface area contributed by atoms with E-state index in [1.54, 1.807) is 0 Å². The molecule has 4 nitrogen and oxygen atoms in total. The lowest BCUT2D eigenvalue weighted by Crippen LogP contribution is -2.27. The van der Waals surface area contributed by atoms with Crippen LogP contribution in [-0.2, 0) is 16.0 Å². The van der Waals surface area contributed by atoms with E-state index in [2.05, 4.69) is 5.32 Å². The van der Waals surface area contributed by atoms with Crippen LogP contribution >= 0.6 is 12.2 Å². The summed E-state index contributed by atoms with van der Waals surface area (Å²) in [5, 5.41) is 2.77. The van der Waals surface area contributed by atoms with E-state index in [-0.39, 0.29) is 18.1 Å². The number of nitrogens with two attached hydrogens (primary N) is 1. The lowest BCUT2D eigenvalue weighted by Gasteiger charge is -2.19.